The third-order valence-corrected chi connectivity index (χ3v) is 4.53. The van der Waals surface area contributed by atoms with Crippen LogP contribution in [0.3, 0.4) is 0 Å². The van der Waals surface area contributed by atoms with Gasteiger partial charge in [-0.05, 0) is 32.6 Å². The molecule has 1 aromatic heterocycles. The lowest BCUT2D eigenvalue weighted by molar-refractivity contribution is 0.560. The summed E-state index contributed by atoms with van der Waals surface area (Å²) in [7, 11) is 0. The Bertz CT molecular complexity index is 524. The molecule has 0 radical (unpaired) electrons. The number of rotatable bonds is 4. The van der Waals surface area contributed by atoms with Gasteiger partial charge < -0.3 is 0 Å². The molecule has 18 heavy (non-hydrogen) atoms. The highest BCUT2D eigenvalue weighted by Gasteiger charge is 2.19. The van der Waals surface area contributed by atoms with Crippen LogP contribution in [0.1, 0.15) is 31.0 Å². The first kappa shape index (κ1) is 13.7. The van der Waals surface area contributed by atoms with E-state index < -0.39 is 0 Å². The molecule has 0 aliphatic heterocycles. The van der Waals surface area contributed by atoms with Crippen LogP contribution in [0.15, 0.2) is 21.4 Å². The second kappa shape index (κ2) is 5.93. The normalized spacial score (nSPS) is 14.3. The number of hydrogen-bond donors (Lipinski definition) is 0. The van der Waals surface area contributed by atoms with Crippen LogP contribution in [0.2, 0.25) is 0 Å². The highest BCUT2D eigenvalue weighted by Crippen LogP contribution is 2.29. The molecule has 0 saturated heterocycles. The van der Waals surface area contributed by atoms with Gasteiger partial charge in [0, 0.05) is 28.6 Å². The van der Waals surface area contributed by atoms with Gasteiger partial charge in [-0.2, -0.15) is 4.98 Å². The molecule has 1 heterocycles. The molecular formula is C13H17ClN2OS. The Morgan fingerprint density at radius 1 is 1.50 bits per heavy atom. The molecule has 0 unspecified atom stereocenters. The summed E-state index contributed by atoms with van der Waals surface area (Å²) >= 11 is 7.30. The third kappa shape index (κ3) is 2.81. The van der Waals surface area contributed by atoms with E-state index in [1.54, 1.807) is 4.57 Å². The van der Waals surface area contributed by atoms with Crippen LogP contribution in [0, 0.1) is 0 Å². The zero-order chi connectivity index (χ0) is 13.1. The second-order valence-electron chi connectivity index (χ2n) is 4.38. The van der Waals surface area contributed by atoms with Crippen molar-refractivity contribution in [3.63, 3.8) is 0 Å². The second-order valence-corrected chi connectivity index (χ2v) is 5.88. The number of hydrogen-bond acceptors (Lipinski definition) is 3. The fourth-order valence-corrected chi connectivity index (χ4v) is 3.33. The zero-order valence-electron chi connectivity index (χ0n) is 10.5. The lowest BCUT2D eigenvalue weighted by atomic mass is 9.97. The molecule has 1 aliphatic rings. The van der Waals surface area contributed by atoms with Gasteiger partial charge in [0.15, 0.2) is 0 Å². The maximum Gasteiger partial charge on any atom is 0.348 e. The topological polar surface area (TPSA) is 34.9 Å². The van der Waals surface area contributed by atoms with Crippen molar-refractivity contribution in [1.82, 2.24) is 9.55 Å². The van der Waals surface area contributed by atoms with Gasteiger partial charge in [0.25, 0.3) is 0 Å². The molecule has 0 aromatic carbocycles. The highest BCUT2D eigenvalue weighted by atomic mass is 35.5. The van der Waals surface area contributed by atoms with Gasteiger partial charge in [-0.15, -0.1) is 11.8 Å². The SMILES string of the molecule is C=C(Cl)CSc1nc(=O)n(CC)c2c1CCCC2. The minimum atomic E-state index is -0.138. The zero-order valence-corrected chi connectivity index (χ0v) is 12.1. The number of thioether (sulfide) groups is 1. The van der Waals surface area contributed by atoms with E-state index in [1.165, 1.54) is 29.4 Å². The summed E-state index contributed by atoms with van der Waals surface area (Å²) in [5, 5.41) is 1.44. The molecular weight excluding hydrogens is 268 g/mol. The van der Waals surface area contributed by atoms with E-state index in [2.05, 4.69) is 11.6 Å². The third-order valence-electron chi connectivity index (χ3n) is 3.13. The fourth-order valence-electron chi connectivity index (χ4n) is 2.34. The Labute approximate surface area is 116 Å². The molecule has 0 atom stereocenters. The van der Waals surface area contributed by atoms with Gasteiger partial charge in [-0.1, -0.05) is 18.2 Å². The summed E-state index contributed by atoms with van der Waals surface area (Å²) in [6.07, 6.45) is 4.32. The molecule has 0 amide bonds. The Kier molecular flexibility index (Phi) is 4.51. The van der Waals surface area contributed by atoms with Crippen molar-refractivity contribution in [3.05, 3.63) is 33.4 Å². The molecule has 0 saturated carbocycles. The van der Waals surface area contributed by atoms with Crippen molar-refractivity contribution in [2.75, 3.05) is 5.75 Å². The predicted octanol–water partition coefficient (Wildman–Crippen LogP) is 2.99. The molecule has 0 fully saturated rings. The van der Waals surface area contributed by atoms with E-state index in [4.69, 9.17) is 11.6 Å². The van der Waals surface area contributed by atoms with Crippen LogP contribution >= 0.6 is 23.4 Å². The number of aromatic nitrogens is 2. The summed E-state index contributed by atoms with van der Waals surface area (Å²) in [4.78, 5) is 16.2. The van der Waals surface area contributed by atoms with Crippen LogP contribution in [-0.2, 0) is 19.4 Å². The van der Waals surface area contributed by atoms with Crippen molar-refractivity contribution in [1.29, 1.82) is 0 Å². The van der Waals surface area contributed by atoms with E-state index in [0.29, 0.717) is 17.3 Å². The largest absolute Gasteiger partial charge is 0.348 e. The van der Waals surface area contributed by atoms with E-state index in [0.717, 1.165) is 24.3 Å². The van der Waals surface area contributed by atoms with Crippen LogP contribution < -0.4 is 5.69 Å². The van der Waals surface area contributed by atoms with Crippen molar-refractivity contribution < 1.29 is 0 Å². The maximum absolute atomic E-state index is 12.0. The lowest BCUT2D eigenvalue weighted by Crippen LogP contribution is -2.29. The minimum absolute atomic E-state index is 0.138. The maximum atomic E-state index is 12.0. The van der Waals surface area contributed by atoms with Gasteiger partial charge in [0.2, 0.25) is 0 Å². The highest BCUT2D eigenvalue weighted by molar-refractivity contribution is 7.99. The van der Waals surface area contributed by atoms with Gasteiger partial charge in [-0.3, -0.25) is 4.57 Å². The lowest BCUT2D eigenvalue weighted by Gasteiger charge is -2.21. The summed E-state index contributed by atoms with van der Waals surface area (Å²) in [5.74, 6) is 0.608. The standard InChI is InChI=1S/C13H17ClN2OS/c1-3-16-11-7-5-4-6-10(11)12(15-13(16)17)18-8-9(2)14/h2-8H2,1H3. The Hall–Kier alpha value is -0.740. The molecule has 1 aromatic rings. The van der Waals surface area contributed by atoms with Crippen molar-refractivity contribution >= 4 is 23.4 Å². The number of fused-ring (bicyclic) bond motifs is 1. The molecule has 0 spiro atoms. The van der Waals surface area contributed by atoms with Gasteiger partial charge in [0.05, 0.1) is 0 Å². The van der Waals surface area contributed by atoms with Crippen LogP contribution in [0.25, 0.3) is 0 Å². The van der Waals surface area contributed by atoms with Crippen molar-refractivity contribution in [3.8, 4) is 0 Å². The summed E-state index contributed by atoms with van der Waals surface area (Å²) in [6.45, 7) is 6.36. The van der Waals surface area contributed by atoms with E-state index >= 15 is 0 Å². The fraction of sp³-hybridized carbons (Fsp3) is 0.538. The first-order valence-corrected chi connectivity index (χ1v) is 7.58. The predicted molar refractivity (Wildman–Crippen MR) is 76.5 cm³/mol. The Morgan fingerprint density at radius 3 is 2.89 bits per heavy atom. The average molecular weight is 285 g/mol. The first-order valence-electron chi connectivity index (χ1n) is 6.22. The van der Waals surface area contributed by atoms with E-state index in [9.17, 15) is 4.79 Å². The molecule has 0 bridgehead atoms. The Morgan fingerprint density at radius 2 is 2.22 bits per heavy atom. The monoisotopic (exact) mass is 284 g/mol. The first-order chi connectivity index (χ1) is 8.63. The average Bonchev–Trinajstić information content (AvgIpc) is 2.36. The van der Waals surface area contributed by atoms with Crippen LogP contribution in [0.4, 0.5) is 0 Å². The van der Waals surface area contributed by atoms with Gasteiger partial charge in [0.1, 0.15) is 5.03 Å². The number of nitrogens with zero attached hydrogens (tertiary/aromatic N) is 2. The molecule has 5 heteroatoms. The summed E-state index contributed by atoms with van der Waals surface area (Å²) < 4.78 is 1.80. The van der Waals surface area contributed by atoms with Gasteiger partial charge >= 0.3 is 5.69 Å². The summed E-state index contributed by atoms with van der Waals surface area (Å²) in [5.41, 5.74) is 2.28. The Balaban J connectivity index is 2.44. The smallest absolute Gasteiger partial charge is 0.296 e. The van der Waals surface area contributed by atoms with E-state index in [1.807, 2.05) is 6.92 Å². The molecule has 2 rings (SSSR count). The minimum Gasteiger partial charge on any atom is -0.296 e. The van der Waals surface area contributed by atoms with Crippen LogP contribution in [-0.4, -0.2) is 15.3 Å². The molecule has 98 valence electrons. The quantitative estimate of drug-likeness (QED) is 0.630. The van der Waals surface area contributed by atoms with Crippen molar-refractivity contribution in [2.24, 2.45) is 0 Å². The van der Waals surface area contributed by atoms with E-state index in [-0.39, 0.29) is 5.69 Å². The molecule has 0 N–H and O–H groups in total. The van der Waals surface area contributed by atoms with Gasteiger partial charge in [-0.25, -0.2) is 4.79 Å². The van der Waals surface area contributed by atoms with Crippen LogP contribution in [0.5, 0.6) is 0 Å². The summed E-state index contributed by atoms with van der Waals surface area (Å²) in [6, 6.07) is 0. The van der Waals surface area contributed by atoms with Crippen molar-refractivity contribution in [2.45, 2.75) is 44.2 Å². The molecule has 1 aliphatic carbocycles. The number of halogens is 1. The molecule has 3 nitrogen and oxygen atoms in total.